The minimum atomic E-state index is -0.681. The highest BCUT2D eigenvalue weighted by Gasteiger charge is 2.25. The molecule has 0 aliphatic carbocycles. The third kappa shape index (κ3) is 5.08. The zero-order valence-electron chi connectivity index (χ0n) is 17.6. The van der Waals surface area contributed by atoms with Crippen molar-refractivity contribution in [3.8, 4) is 11.4 Å². The van der Waals surface area contributed by atoms with Crippen LogP contribution in [0.25, 0.3) is 5.69 Å². The van der Waals surface area contributed by atoms with Crippen LogP contribution in [0, 0.1) is 6.92 Å². The van der Waals surface area contributed by atoms with Gasteiger partial charge in [-0.3, -0.25) is 14.2 Å². The molecule has 0 fully saturated rings. The number of anilines is 1. The number of primary amides is 1. The number of hydrogen-bond donors (Lipinski definition) is 2. The molecule has 0 atom stereocenters. The summed E-state index contributed by atoms with van der Waals surface area (Å²) in [5.41, 5.74) is 6.68. The number of benzene rings is 1. The average molecular weight is 476 g/mol. The maximum atomic E-state index is 12.6. The highest BCUT2D eigenvalue weighted by atomic mass is 32.2. The van der Waals surface area contributed by atoms with Crippen LogP contribution in [0.15, 0.2) is 35.7 Å². The molecule has 3 aromatic rings. The number of nitrogens with one attached hydrogen (secondary N) is 1. The largest absolute Gasteiger partial charge is 0.497 e. The number of methoxy groups -OCH3 is 1. The molecule has 0 aliphatic heterocycles. The zero-order chi connectivity index (χ0) is 23.3. The fraction of sp³-hybridized carbons (Fsp3) is 0.250. The maximum absolute atomic E-state index is 12.6. The minimum absolute atomic E-state index is 0.00617. The van der Waals surface area contributed by atoms with E-state index in [0.717, 1.165) is 28.8 Å². The molecule has 10 nitrogen and oxygen atoms in total. The fourth-order valence-electron chi connectivity index (χ4n) is 2.84. The topological polar surface area (TPSA) is 138 Å². The number of ether oxygens (including phenoxy) is 2. The molecule has 1 aromatic carbocycles. The van der Waals surface area contributed by atoms with E-state index in [9.17, 15) is 14.4 Å². The number of hydrogen-bond acceptors (Lipinski definition) is 9. The van der Waals surface area contributed by atoms with Crippen molar-refractivity contribution in [1.82, 2.24) is 14.8 Å². The molecule has 0 aliphatic rings. The molecular formula is C20H21N5O5S2. The van der Waals surface area contributed by atoms with E-state index >= 15 is 0 Å². The van der Waals surface area contributed by atoms with E-state index in [2.05, 4.69) is 15.5 Å². The van der Waals surface area contributed by atoms with Gasteiger partial charge in [0.05, 0.1) is 35.6 Å². The molecule has 32 heavy (non-hydrogen) atoms. The van der Waals surface area contributed by atoms with Crippen LogP contribution in [0.5, 0.6) is 5.75 Å². The van der Waals surface area contributed by atoms with Crippen molar-refractivity contribution in [3.63, 3.8) is 0 Å². The number of amides is 2. The van der Waals surface area contributed by atoms with Crippen LogP contribution in [0.3, 0.4) is 0 Å². The molecule has 3 N–H and O–H groups in total. The van der Waals surface area contributed by atoms with Gasteiger partial charge in [0.25, 0.3) is 5.91 Å². The molecule has 2 heterocycles. The van der Waals surface area contributed by atoms with Crippen molar-refractivity contribution in [3.05, 3.63) is 46.6 Å². The molecule has 0 spiro atoms. The van der Waals surface area contributed by atoms with E-state index in [1.54, 1.807) is 25.5 Å². The zero-order valence-corrected chi connectivity index (χ0v) is 19.2. The molecule has 0 radical (unpaired) electrons. The van der Waals surface area contributed by atoms with Gasteiger partial charge in [-0.15, -0.1) is 21.5 Å². The van der Waals surface area contributed by atoms with E-state index in [0.29, 0.717) is 16.5 Å². The molecule has 0 saturated carbocycles. The lowest BCUT2D eigenvalue weighted by Gasteiger charge is -2.09. The Kier molecular flexibility index (Phi) is 7.49. The second-order valence-corrected chi connectivity index (χ2v) is 8.33. The van der Waals surface area contributed by atoms with Gasteiger partial charge in [0.2, 0.25) is 5.91 Å². The Morgan fingerprint density at radius 1 is 1.31 bits per heavy atom. The van der Waals surface area contributed by atoms with Gasteiger partial charge >= 0.3 is 5.97 Å². The molecule has 0 bridgehead atoms. The van der Waals surface area contributed by atoms with E-state index in [4.69, 9.17) is 15.2 Å². The Balaban J connectivity index is 1.75. The Hall–Kier alpha value is -3.38. The van der Waals surface area contributed by atoms with Crippen molar-refractivity contribution in [2.75, 3.05) is 24.8 Å². The first-order chi connectivity index (χ1) is 15.3. The van der Waals surface area contributed by atoms with E-state index in [1.807, 2.05) is 24.3 Å². The highest BCUT2D eigenvalue weighted by Crippen LogP contribution is 2.34. The number of thioether (sulfide) groups is 1. The molecule has 168 valence electrons. The normalized spacial score (nSPS) is 10.6. The number of carbonyl (C=O) groups excluding carboxylic acids is 3. The summed E-state index contributed by atoms with van der Waals surface area (Å²) in [4.78, 5) is 36.8. The first-order valence-electron chi connectivity index (χ1n) is 9.43. The SMILES string of the molecule is CCOC(=O)c1c(NC(=O)CSc2nncn2-c2cccc(OC)c2)sc(C(N)=O)c1C. The van der Waals surface area contributed by atoms with Gasteiger partial charge in [-0.1, -0.05) is 17.8 Å². The lowest BCUT2D eigenvalue weighted by molar-refractivity contribution is -0.113. The molecule has 12 heteroatoms. The third-order valence-electron chi connectivity index (χ3n) is 4.28. The number of rotatable bonds is 9. The van der Waals surface area contributed by atoms with Crippen LogP contribution in [-0.2, 0) is 9.53 Å². The van der Waals surface area contributed by atoms with E-state index in [-0.39, 0.29) is 27.8 Å². The summed E-state index contributed by atoms with van der Waals surface area (Å²) in [5, 5.41) is 11.4. The lowest BCUT2D eigenvalue weighted by Crippen LogP contribution is -2.17. The lowest BCUT2D eigenvalue weighted by atomic mass is 10.1. The molecule has 2 amide bonds. The summed E-state index contributed by atoms with van der Waals surface area (Å²) in [6, 6.07) is 7.33. The van der Waals surface area contributed by atoms with Gasteiger partial charge in [-0.05, 0) is 31.5 Å². The van der Waals surface area contributed by atoms with Gasteiger partial charge in [0.1, 0.15) is 17.1 Å². The fourth-order valence-corrected chi connectivity index (χ4v) is 4.63. The third-order valence-corrected chi connectivity index (χ3v) is 6.45. The Labute approximate surface area is 192 Å². The molecular weight excluding hydrogens is 454 g/mol. The molecule has 0 unspecified atom stereocenters. The summed E-state index contributed by atoms with van der Waals surface area (Å²) >= 11 is 2.11. The van der Waals surface area contributed by atoms with Crippen molar-refractivity contribution < 1.29 is 23.9 Å². The van der Waals surface area contributed by atoms with Crippen LogP contribution in [0.2, 0.25) is 0 Å². The second kappa shape index (κ2) is 10.3. The first kappa shape index (κ1) is 23.3. The predicted octanol–water partition coefficient (Wildman–Crippen LogP) is 2.65. The smallest absolute Gasteiger partial charge is 0.341 e. The van der Waals surface area contributed by atoms with Crippen molar-refractivity contribution >= 4 is 45.9 Å². The van der Waals surface area contributed by atoms with Crippen molar-refractivity contribution in [2.45, 2.75) is 19.0 Å². The Morgan fingerprint density at radius 2 is 2.09 bits per heavy atom. The number of nitrogens with zero attached hydrogens (tertiary/aromatic N) is 3. The number of thiophene rings is 1. The summed E-state index contributed by atoms with van der Waals surface area (Å²) in [5.74, 6) is -1.03. The quantitative estimate of drug-likeness (QED) is 0.356. The molecule has 0 saturated heterocycles. The van der Waals surface area contributed by atoms with Crippen LogP contribution in [-0.4, -0.2) is 52.0 Å². The van der Waals surface area contributed by atoms with Crippen LogP contribution < -0.4 is 15.8 Å². The highest BCUT2D eigenvalue weighted by molar-refractivity contribution is 7.99. The Bertz CT molecular complexity index is 1160. The minimum Gasteiger partial charge on any atom is -0.497 e. The molecule has 3 rings (SSSR count). The number of nitrogens with two attached hydrogens (primary N) is 1. The number of esters is 1. The second-order valence-electron chi connectivity index (χ2n) is 6.37. The van der Waals surface area contributed by atoms with Crippen LogP contribution >= 0.6 is 23.1 Å². The monoisotopic (exact) mass is 475 g/mol. The van der Waals surface area contributed by atoms with Crippen LogP contribution in [0.4, 0.5) is 5.00 Å². The number of aromatic nitrogens is 3. The summed E-state index contributed by atoms with van der Waals surface area (Å²) in [6.07, 6.45) is 1.54. The van der Waals surface area contributed by atoms with Crippen molar-refractivity contribution in [2.24, 2.45) is 5.73 Å². The van der Waals surface area contributed by atoms with Crippen LogP contribution in [0.1, 0.15) is 32.5 Å². The summed E-state index contributed by atoms with van der Waals surface area (Å²) in [6.45, 7) is 3.41. The summed E-state index contributed by atoms with van der Waals surface area (Å²) in [7, 11) is 1.58. The van der Waals surface area contributed by atoms with Gasteiger partial charge in [0, 0.05) is 6.07 Å². The molecule has 2 aromatic heterocycles. The number of carbonyl (C=O) groups is 3. The summed E-state index contributed by atoms with van der Waals surface area (Å²) < 4.78 is 12.0. The van der Waals surface area contributed by atoms with Gasteiger partial charge < -0.3 is 20.5 Å². The average Bonchev–Trinajstić information content (AvgIpc) is 3.36. The standard InChI is InChI=1S/C20H21N5O5S2/c1-4-30-19(28)15-11(2)16(17(21)27)32-18(15)23-14(26)9-31-20-24-22-10-25(20)12-6-5-7-13(8-12)29-3/h5-8,10H,4,9H2,1-3H3,(H2,21,27)(H,23,26). The van der Waals surface area contributed by atoms with E-state index < -0.39 is 17.8 Å². The van der Waals surface area contributed by atoms with Gasteiger partial charge in [-0.25, -0.2) is 4.79 Å². The van der Waals surface area contributed by atoms with Gasteiger partial charge in [-0.2, -0.15) is 0 Å². The Morgan fingerprint density at radius 3 is 2.78 bits per heavy atom. The first-order valence-corrected chi connectivity index (χ1v) is 11.2. The van der Waals surface area contributed by atoms with E-state index in [1.165, 1.54) is 6.33 Å². The maximum Gasteiger partial charge on any atom is 0.341 e. The predicted molar refractivity (Wildman–Crippen MR) is 121 cm³/mol. The van der Waals surface area contributed by atoms with Gasteiger partial charge in [0.15, 0.2) is 5.16 Å². The van der Waals surface area contributed by atoms with Crippen molar-refractivity contribution in [1.29, 1.82) is 0 Å².